The third-order valence-electron chi connectivity index (χ3n) is 2.36. The fourth-order valence-corrected chi connectivity index (χ4v) is 1.47. The Bertz CT molecular complexity index is 511. The van der Waals surface area contributed by atoms with Gasteiger partial charge in [-0.3, -0.25) is 0 Å². The summed E-state index contributed by atoms with van der Waals surface area (Å²) in [6.07, 6.45) is 0. The van der Waals surface area contributed by atoms with Gasteiger partial charge in [-0.25, -0.2) is 0 Å². The van der Waals surface area contributed by atoms with Crippen LogP contribution in [0.25, 0.3) is 11.1 Å². The highest BCUT2D eigenvalue weighted by molar-refractivity contribution is 5.64. The number of nitriles is 2. The molecular formula is C14H8N2. The van der Waals surface area contributed by atoms with Gasteiger partial charge < -0.3 is 0 Å². The molecule has 0 aromatic heterocycles. The Morgan fingerprint density at radius 1 is 0.562 bits per heavy atom. The molecule has 0 saturated carbocycles. The summed E-state index contributed by atoms with van der Waals surface area (Å²) in [7, 11) is 0. The number of nitrogens with zero attached hydrogens (tertiary/aromatic N) is 2. The summed E-state index contributed by atoms with van der Waals surface area (Å²) in [5.41, 5.74) is 3.39. The third-order valence-corrected chi connectivity index (χ3v) is 2.36. The van der Waals surface area contributed by atoms with Crippen molar-refractivity contribution < 1.29 is 0 Å². The van der Waals surface area contributed by atoms with E-state index in [1.807, 2.05) is 24.3 Å². The van der Waals surface area contributed by atoms with Crippen LogP contribution in [0.2, 0.25) is 0 Å². The lowest BCUT2D eigenvalue weighted by Crippen LogP contribution is -1.80. The van der Waals surface area contributed by atoms with E-state index in [1.54, 1.807) is 24.3 Å². The van der Waals surface area contributed by atoms with Crippen LogP contribution >= 0.6 is 0 Å². The van der Waals surface area contributed by atoms with E-state index in [2.05, 4.69) is 12.1 Å². The molecule has 0 aliphatic carbocycles. The van der Waals surface area contributed by atoms with E-state index in [1.165, 1.54) is 0 Å². The Kier molecular flexibility index (Phi) is 2.67. The summed E-state index contributed by atoms with van der Waals surface area (Å²) in [6.45, 7) is 0. The maximum absolute atomic E-state index is 8.68. The molecule has 2 aromatic rings. The van der Waals surface area contributed by atoms with Gasteiger partial charge in [-0.2, -0.15) is 10.5 Å². The molecule has 2 heteroatoms. The molecule has 0 N–H and O–H groups in total. The van der Waals surface area contributed by atoms with E-state index in [0.717, 1.165) is 11.1 Å². The number of benzene rings is 2. The standard InChI is InChI=1S/C14H8N2/c15-9-11-1-5-13(6-2-11)14-7-3-12(10-16)4-8-14/h1-8H. The Morgan fingerprint density at radius 2 is 0.875 bits per heavy atom. The summed E-state index contributed by atoms with van der Waals surface area (Å²) in [5, 5.41) is 17.4. The minimum Gasteiger partial charge on any atom is -0.192 e. The first-order valence-corrected chi connectivity index (χ1v) is 4.84. The molecule has 0 amide bonds. The molecule has 0 aliphatic heterocycles. The Hall–Kier alpha value is -2.58. The van der Waals surface area contributed by atoms with Crippen molar-refractivity contribution in [2.24, 2.45) is 0 Å². The van der Waals surface area contributed by atoms with E-state index in [0.29, 0.717) is 11.1 Å². The summed E-state index contributed by atoms with van der Waals surface area (Å²) in [4.78, 5) is 0. The van der Waals surface area contributed by atoms with Crippen LogP contribution in [0.15, 0.2) is 48.5 Å². The van der Waals surface area contributed by atoms with E-state index >= 15 is 0 Å². The van der Waals surface area contributed by atoms with Crippen LogP contribution in [0.5, 0.6) is 0 Å². The first-order valence-electron chi connectivity index (χ1n) is 4.84. The van der Waals surface area contributed by atoms with E-state index < -0.39 is 0 Å². The summed E-state index contributed by atoms with van der Waals surface area (Å²) < 4.78 is 0. The summed E-state index contributed by atoms with van der Waals surface area (Å²) in [6, 6.07) is 18.9. The van der Waals surface area contributed by atoms with Gasteiger partial charge in [0.1, 0.15) is 0 Å². The van der Waals surface area contributed by atoms with E-state index in [-0.39, 0.29) is 0 Å². The second kappa shape index (κ2) is 4.29. The number of hydrogen-bond acceptors (Lipinski definition) is 2. The van der Waals surface area contributed by atoms with Crippen LogP contribution in [0.4, 0.5) is 0 Å². The molecule has 0 aliphatic rings. The summed E-state index contributed by atoms with van der Waals surface area (Å²) >= 11 is 0. The highest BCUT2D eigenvalue weighted by Crippen LogP contribution is 2.19. The minimum atomic E-state index is 0.650. The summed E-state index contributed by atoms with van der Waals surface area (Å²) in [5.74, 6) is 0. The van der Waals surface area contributed by atoms with Gasteiger partial charge in [0, 0.05) is 0 Å². The van der Waals surface area contributed by atoms with Gasteiger partial charge in [0.15, 0.2) is 0 Å². The Balaban J connectivity index is 2.36. The Labute approximate surface area is 94.0 Å². The van der Waals surface area contributed by atoms with Crippen molar-refractivity contribution in [2.75, 3.05) is 0 Å². The van der Waals surface area contributed by atoms with Crippen molar-refractivity contribution in [3.63, 3.8) is 0 Å². The lowest BCUT2D eigenvalue weighted by Gasteiger charge is -2.01. The number of rotatable bonds is 1. The number of hydrogen-bond donors (Lipinski definition) is 0. The molecule has 2 rings (SSSR count). The molecule has 0 unspecified atom stereocenters. The van der Waals surface area contributed by atoms with Crippen molar-refractivity contribution in [3.8, 4) is 23.3 Å². The SMILES string of the molecule is N#Cc1ccc(-c2ccc(C#N)cc2)cc1. The molecular weight excluding hydrogens is 196 g/mol. The normalized spacial score (nSPS) is 9.12. The largest absolute Gasteiger partial charge is 0.192 e. The van der Waals surface area contributed by atoms with Gasteiger partial charge in [-0.05, 0) is 35.4 Å². The first kappa shape index (κ1) is 9.96. The van der Waals surface area contributed by atoms with Gasteiger partial charge in [-0.15, -0.1) is 0 Å². The van der Waals surface area contributed by atoms with Crippen LogP contribution in [0.1, 0.15) is 11.1 Å². The lowest BCUT2D eigenvalue weighted by atomic mass is 10.0. The molecule has 0 atom stereocenters. The zero-order chi connectivity index (χ0) is 11.4. The van der Waals surface area contributed by atoms with Crippen LogP contribution < -0.4 is 0 Å². The van der Waals surface area contributed by atoms with Crippen LogP contribution in [-0.2, 0) is 0 Å². The zero-order valence-corrected chi connectivity index (χ0v) is 8.51. The average molecular weight is 204 g/mol. The molecule has 2 aromatic carbocycles. The first-order chi connectivity index (χ1) is 7.83. The second-order valence-electron chi connectivity index (χ2n) is 3.38. The highest BCUT2D eigenvalue weighted by atomic mass is 14.2. The van der Waals surface area contributed by atoms with E-state index in [9.17, 15) is 0 Å². The fraction of sp³-hybridized carbons (Fsp3) is 0. The fourth-order valence-electron chi connectivity index (χ4n) is 1.47. The van der Waals surface area contributed by atoms with Crippen LogP contribution in [-0.4, -0.2) is 0 Å². The van der Waals surface area contributed by atoms with Crippen LogP contribution in [0.3, 0.4) is 0 Å². The monoisotopic (exact) mass is 204 g/mol. The van der Waals surface area contributed by atoms with Crippen molar-refractivity contribution in [1.29, 1.82) is 10.5 Å². The molecule has 0 fully saturated rings. The highest BCUT2D eigenvalue weighted by Gasteiger charge is 1.98. The molecule has 0 saturated heterocycles. The second-order valence-corrected chi connectivity index (χ2v) is 3.38. The molecule has 0 radical (unpaired) electrons. The van der Waals surface area contributed by atoms with Gasteiger partial charge in [0.05, 0.1) is 23.3 Å². The van der Waals surface area contributed by atoms with Gasteiger partial charge in [0.2, 0.25) is 0 Å². The molecule has 0 spiro atoms. The topological polar surface area (TPSA) is 47.6 Å². The molecule has 74 valence electrons. The van der Waals surface area contributed by atoms with Crippen molar-refractivity contribution >= 4 is 0 Å². The predicted molar refractivity (Wildman–Crippen MR) is 61.3 cm³/mol. The van der Waals surface area contributed by atoms with Gasteiger partial charge >= 0.3 is 0 Å². The maximum Gasteiger partial charge on any atom is 0.0991 e. The van der Waals surface area contributed by atoms with Crippen molar-refractivity contribution in [3.05, 3.63) is 59.7 Å². The van der Waals surface area contributed by atoms with Crippen molar-refractivity contribution in [1.82, 2.24) is 0 Å². The third kappa shape index (κ3) is 1.92. The minimum absolute atomic E-state index is 0.650. The predicted octanol–water partition coefficient (Wildman–Crippen LogP) is 3.10. The smallest absolute Gasteiger partial charge is 0.0991 e. The van der Waals surface area contributed by atoms with Crippen molar-refractivity contribution in [2.45, 2.75) is 0 Å². The van der Waals surface area contributed by atoms with Gasteiger partial charge in [-0.1, -0.05) is 24.3 Å². The van der Waals surface area contributed by atoms with E-state index in [4.69, 9.17) is 10.5 Å². The quantitative estimate of drug-likeness (QED) is 0.716. The Morgan fingerprint density at radius 3 is 1.12 bits per heavy atom. The molecule has 2 nitrogen and oxygen atoms in total. The lowest BCUT2D eigenvalue weighted by molar-refractivity contribution is 1.47. The molecule has 0 heterocycles. The zero-order valence-electron chi connectivity index (χ0n) is 8.51. The maximum atomic E-state index is 8.68. The average Bonchev–Trinajstić information content (AvgIpc) is 2.39. The van der Waals surface area contributed by atoms with Gasteiger partial charge in [0.25, 0.3) is 0 Å². The molecule has 0 bridgehead atoms. The van der Waals surface area contributed by atoms with Crippen LogP contribution in [0, 0.1) is 22.7 Å². The molecule has 16 heavy (non-hydrogen) atoms.